The van der Waals surface area contributed by atoms with Crippen LogP contribution in [0.15, 0.2) is 36.4 Å². The average molecular weight is 335 g/mol. The van der Waals surface area contributed by atoms with Crippen LogP contribution in [0, 0.1) is 14.9 Å². The van der Waals surface area contributed by atoms with Crippen molar-refractivity contribution in [2.24, 2.45) is 0 Å². The molecule has 16 heavy (non-hydrogen) atoms. The maximum Gasteiger partial charge on any atom is 0.0991 e. The highest BCUT2D eigenvalue weighted by Gasteiger charge is 2.07. The number of hydrogen-bond acceptors (Lipinski definition) is 2. The summed E-state index contributed by atoms with van der Waals surface area (Å²) in [7, 11) is 0. The summed E-state index contributed by atoms with van der Waals surface area (Å²) in [6.07, 6.45) is 0. The standard InChI is InChI=1S/C13H6INS/c14-10-2-1-3-12-13(10)9-6-8(7-15)4-5-11(9)16-12/h1-6H. The summed E-state index contributed by atoms with van der Waals surface area (Å²) in [4.78, 5) is 0. The van der Waals surface area contributed by atoms with Gasteiger partial charge in [-0.25, -0.2) is 0 Å². The van der Waals surface area contributed by atoms with E-state index >= 15 is 0 Å². The molecule has 0 aliphatic carbocycles. The van der Waals surface area contributed by atoms with Gasteiger partial charge < -0.3 is 0 Å². The Morgan fingerprint density at radius 2 is 2.00 bits per heavy atom. The average Bonchev–Trinajstić information content (AvgIpc) is 2.67. The number of hydrogen-bond donors (Lipinski definition) is 0. The first-order valence-electron chi connectivity index (χ1n) is 4.80. The summed E-state index contributed by atoms with van der Waals surface area (Å²) in [6, 6.07) is 14.4. The number of nitrogens with zero attached hydrogens (tertiary/aromatic N) is 1. The molecular formula is C13H6INS. The number of thiophene rings is 1. The molecular weight excluding hydrogens is 329 g/mol. The van der Waals surface area contributed by atoms with E-state index in [0.717, 1.165) is 5.56 Å². The zero-order chi connectivity index (χ0) is 11.1. The molecule has 0 saturated carbocycles. The summed E-state index contributed by atoms with van der Waals surface area (Å²) in [5, 5.41) is 11.4. The predicted molar refractivity (Wildman–Crippen MR) is 76.8 cm³/mol. The minimum Gasteiger partial charge on any atom is -0.192 e. The quantitative estimate of drug-likeness (QED) is 0.554. The van der Waals surface area contributed by atoms with Crippen LogP contribution >= 0.6 is 33.9 Å². The zero-order valence-electron chi connectivity index (χ0n) is 8.20. The third-order valence-electron chi connectivity index (χ3n) is 2.57. The fraction of sp³-hybridized carbons (Fsp3) is 0. The van der Waals surface area contributed by atoms with E-state index < -0.39 is 0 Å². The molecule has 1 heterocycles. The van der Waals surface area contributed by atoms with Crippen LogP contribution in [-0.4, -0.2) is 0 Å². The van der Waals surface area contributed by atoms with Crippen LogP contribution in [0.2, 0.25) is 0 Å². The van der Waals surface area contributed by atoms with Crippen molar-refractivity contribution in [2.75, 3.05) is 0 Å². The fourth-order valence-electron chi connectivity index (χ4n) is 1.85. The molecule has 0 unspecified atom stereocenters. The highest BCUT2D eigenvalue weighted by molar-refractivity contribution is 14.1. The zero-order valence-corrected chi connectivity index (χ0v) is 11.2. The lowest BCUT2D eigenvalue weighted by atomic mass is 10.1. The first kappa shape index (κ1) is 10.1. The second-order valence-electron chi connectivity index (χ2n) is 3.54. The van der Waals surface area contributed by atoms with E-state index in [1.54, 1.807) is 11.3 Å². The van der Waals surface area contributed by atoms with Gasteiger partial charge >= 0.3 is 0 Å². The molecule has 0 radical (unpaired) electrons. The van der Waals surface area contributed by atoms with Crippen molar-refractivity contribution in [3.63, 3.8) is 0 Å². The molecule has 0 amide bonds. The Morgan fingerprint density at radius 3 is 2.81 bits per heavy atom. The van der Waals surface area contributed by atoms with E-state index in [2.05, 4.69) is 46.9 Å². The van der Waals surface area contributed by atoms with Gasteiger partial charge in [-0.2, -0.15) is 5.26 Å². The number of benzene rings is 2. The van der Waals surface area contributed by atoms with Gasteiger partial charge in [-0.05, 0) is 52.9 Å². The van der Waals surface area contributed by atoms with E-state index in [9.17, 15) is 0 Å². The van der Waals surface area contributed by atoms with E-state index in [1.807, 2.05) is 18.2 Å². The van der Waals surface area contributed by atoms with E-state index in [-0.39, 0.29) is 0 Å². The maximum atomic E-state index is 8.93. The lowest BCUT2D eigenvalue weighted by molar-refractivity contribution is 1.50. The third kappa shape index (κ3) is 1.41. The molecule has 1 nitrogen and oxygen atoms in total. The Bertz CT molecular complexity index is 737. The van der Waals surface area contributed by atoms with Crippen molar-refractivity contribution in [1.29, 1.82) is 5.26 Å². The Kier molecular flexibility index (Phi) is 2.34. The Hall–Kier alpha value is -1.12. The van der Waals surface area contributed by atoms with Crippen LogP contribution in [0.1, 0.15) is 5.56 Å². The molecule has 0 aliphatic heterocycles. The van der Waals surface area contributed by atoms with E-state index in [1.165, 1.54) is 23.7 Å². The van der Waals surface area contributed by atoms with Gasteiger partial charge in [0.1, 0.15) is 0 Å². The molecule has 0 saturated heterocycles. The van der Waals surface area contributed by atoms with E-state index in [0.29, 0.717) is 0 Å². The summed E-state index contributed by atoms with van der Waals surface area (Å²) in [6.45, 7) is 0. The number of halogens is 1. The van der Waals surface area contributed by atoms with Crippen LogP contribution in [0.25, 0.3) is 20.2 Å². The highest BCUT2D eigenvalue weighted by Crippen LogP contribution is 2.36. The van der Waals surface area contributed by atoms with Crippen LogP contribution < -0.4 is 0 Å². The van der Waals surface area contributed by atoms with Gasteiger partial charge in [0, 0.05) is 23.7 Å². The molecule has 76 valence electrons. The van der Waals surface area contributed by atoms with Gasteiger partial charge in [-0.3, -0.25) is 0 Å². The summed E-state index contributed by atoms with van der Waals surface area (Å²) in [5.74, 6) is 0. The largest absolute Gasteiger partial charge is 0.192 e. The first-order valence-corrected chi connectivity index (χ1v) is 6.70. The molecule has 3 rings (SSSR count). The van der Waals surface area contributed by atoms with Crippen molar-refractivity contribution in [3.8, 4) is 6.07 Å². The summed E-state index contributed by atoms with van der Waals surface area (Å²) < 4.78 is 3.78. The Morgan fingerprint density at radius 1 is 1.12 bits per heavy atom. The lowest BCUT2D eigenvalue weighted by Crippen LogP contribution is -1.75. The molecule has 0 N–H and O–H groups in total. The van der Waals surface area contributed by atoms with Crippen molar-refractivity contribution >= 4 is 54.1 Å². The second-order valence-corrected chi connectivity index (χ2v) is 5.78. The molecule has 0 atom stereocenters. The van der Waals surface area contributed by atoms with Crippen molar-refractivity contribution in [3.05, 3.63) is 45.5 Å². The molecule has 0 spiro atoms. The van der Waals surface area contributed by atoms with Crippen molar-refractivity contribution in [1.82, 2.24) is 0 Å². The minimum absolute atomic E-state index is 0.729. The number of rotatable bonds is 0. The topological polar surface area (TPSA) is 23.8 Å². The Balaban J connectivity index is 2.56. The van der Waals surface area contributed by atoms with Crippen molar-refractivity contribution < 1.29 is 0 Å². The van der Waals surface area contributed by atoms with Gasteiger partial charge in [0.15, 0.2) is 0 Å². The van der Waals surface area contributed by atoms with Crippen LogP contribution in [-0.2, 0) is 0 Å². The van der Waals surface area contributed by atoms with E-state index in [4.69, 9.17) is 5.26 Å². The molecule has 0 fully saturated rings. The molecule has 3 heteroatoms. The first-order chi connectivity index (χ1) is 7.79. The SMILES string of the molecule is N#Cc1ccc2sc3cccc(I)c3c2c1. The normalized spacial score (nSPS) is 10.8. The van der Waals surface area contributed by atoms with Gasteiger partial charge in [0.2, 0.25) is 0 Å². The molecule has 1 aromatic heterocycles. The van der Waals surface area contributed by atoms with Gasteiger partial charge in [0.25, 0.3) is 0 Å². The third-order valence-corrected chi connectivity index (χ3v) is 4.61. The molecule has 0 aliphatic rings. The predicted octanol–water partition coefficient (Wildman–Crippen LogP) is 4.53. The molecule has 2 aromatic carbocycles. The van der Waals surface area contributed by atoms with Crippen molar-refractivity contribution in [2.45, 2.75) is 0 Å². The van der Waals surface area contributed by atoms with Crippen LogP contribution in [0.3, 0.4) is 0 Å². The van der Waals surface area contributed by atoms with Gasteiger partial charge in [-0.15, -0.1) is 11.3 Å². The maximum absolute atomic E-state index is 8.93. The number of nitriles is 1. The van der Waals surface area contributed by atoms with Gasteiger partial charge in [-0.1, -0.05) is 6.07 Å². The lowest BCUT2D eigenvalue weighted by Gasteiger charge is -1.95. The second kappa shape index (κ2) is 3.72. The minimum atomic E-state index is 0.729. The molecule has 0 bridgehead atoms. The van der Waals surface area contributed by atoms with Crippen LogP contribution in [0.4, 0.5) is 0 Å². The fourth-order valence-corrected chi connectivity index (χ4v) is 3.94. The Labute approximate surface area is 110 Å². The number of fused-ring (bicyclic) bond motifs is 3. The smallest absolute Gasteiger partial charge is 0.0991 e. The monoisotopic (exact) mass is 335 g/mol. The van der Waals surface area contributed by atoms with Gasteiger partial charge in [0.05, 0.1) is 11.6 Å². The highest BCUT2D eigenvalue weighted by atomic mass is 127. The molecule has 3 aromatic rings. The van der Waals surface area contributed by atoms with Crippen LogP contribution in [0.5, 0.6) is 0 Å². The summed E-state index contributed by atoms with van der Waals surface area (Å²) in [5.41, 5.74) is 0.729. The summed E-state index contributed by atoms with van der Waals surface area (Å²) >= 11 is 4.13.